The van der Waals surface area contributed by atoms with E-state index in [0.717, 1.165) is 61.0 Å². The molecule has 0 spiro atoms. The predicted molar refractivity (Wildman–Crippen MR) is 132 cm³/mol. The Morgan fingerprint density at radius 3 is 2.56 bits per heavy atom. The van der Waals surface area contributed by atoms with Gasteiger partial charge in [0.15, 0.2) is 0 Å². The van der Waals surface area contributed by atoms with E-state index in [0.29, 0.717) is 11.7 Å². The van der Waals surface area contributed by atoms with Crippen molar-refractivity contribution in [1.82, 2.24) is 4.90 Å². The first-order valence-corrected chi connectivity index (χ1v) is 12.1. The van der Waals surface area contributed by atoms with Gasteiger partial charge in [0.2, 0.25) is 0 Å². The number of fused-ring (bicyclic) bond motifs is 1. The van der Waals surface area contributed by atoms with Gasteiger partial charge in [-0.15, -0.1) is 0 Å². The second-order valence-electron chi connectivity index (χ2n) is 9.25. The predicted octanol–water partition coefficient (Wildman–Crippen LogP) is 6.46. The zero-order valence-electron chi connectivity index (χ0n) is 18.7. The minimum atomic E-state index is 0.167. The van der Waals surface area contributed by atoms with Crippen LogP contribution in [0.3, 0.4) is 0 Å². The summed E-state index contributed by atoms with van der Waals surface area (Å²) >= 11 is 0. The van der Waals surface area contributed by atoms with Crippen LogP contribution in [0.1, 0.15) is 49.1 Å². The van der Waals surface area contributed by atoms with Crippen molar-refractivity contribution in [1.29, 1.82) is 0 Å². The summed E-state index contributed by atoms with van der Waals surface area (Å²) in [6.07, 6.45) is 11.3. The van der Waals surface area contributed by atoms with E-state index in [-0.39, 0.29) is 6.10 Å². The van der Waals surface area contributed by atoms with E-state index < -0.39 is 0 Å². The number of rotatable bonds is 6. The number of hydrogen-bond acceptors (Lipinski definition) is 3. The van der Waals surface area contributed by atoms with Crippen molar-refractivity contribution in [3.63, 3.8) is 0 Å². The standard InChI is InChI=1S/C29H33NO2/c31-29-24(17-20-30-18-15-23(16-19-30)22-7-3-1-4-8-22)11-12-25-21-27(13-14-28(25)29)32-26-9-5-2-6-10-26/h1,3-5,7-9,11-14,21,23,26,31H,2,6,10,15-20H2. The lowest BCUT2D eigenvalue weighted by Crippen LogP contribution is -2.34. The number of nitrogens with zero attached hydrogens (tertiary/aromatic N) is 1. The summed E-state index contributed by atoms with van der Waals surface area (Å²) in [7, 11) is 0. The summed E-state index contributed by atoms with van der Waals surface area (Å²) in [6.45, 7) is 3.25. The summed E-state index contributed by atoms with van der Waals surface area (Å²) < 4.78 is 6.13. The third-order valence-electron chi connectivity index (χ3n) is 7.10. The Bertz CT molecular complexity index is 1070. The normalized spacial score (nSPS) is 19.9. The van der Waals surface area contributed by atoms with E-state index in [2.05, 4.69) is 65.6 Å². The molecule has 3 aromatic carbocycles. The molecule has 0 bridgehead atoms. The Balaban J connectivity index is 1.19. The zero-order valence-corrected chi connectivity index (χ0v) is 18.7. The van der Waals surface area contributed by atoms with Crippen LogP contribution in [-0.4, -0.2) is 35.7 Å². The molecular weight excluding hydrogens is 394 g/mol. The SMILES string of the molecule is Oc1c(CCN2CCC(c3ccccc3)CC2)ccc2cc(OC3C=CCCC3)ccc12. The maximum absolute atomic E-state index is 10.9. The summed E-state index contributed by atoms with van der Waals surface area (Å²) in [4.78, 5) is 2.54. The van der Waals surface area contributed by atoms with E-state index in [1.807, 2.05) is 12.1 Å². The molecule has 0 radical (unpaired) electrons. The van der Waals surface area contributed by atoms with Gasteiger partial charge in [0, 0.05) is 11.9 Å². The Morgan fingerprint density at radius 2 is 1.78 bits per heavy atom. The highest BCUT2D eigenvalue weighted by Crippen LogP contribution is 2.33. The van der Waals surface area contributed by atoms with Gasteiger partial charge >= 0.3 is 0 Å². The van der Waals surface area contributed by atoms with Crippen LogP contribution in [0.25, 0.3) is 10.8 Å². The number of piperidine rings is 1. The van der Waals surface area contributed by atoms with Crippen LogP contribution < -0.4 is 4.74 Å². The Hall–Kier alpha value is -2.78. The van der Waals surface area contributed by atoms with Crippen LogP contribution in [0.15, 0.2) is 72.8 Å². The van der Waals surface area contributed by atoms with Gasteiger partial charge in [-0.3, -0.25) is 0 Å². The van der Waals surface area contributed by atoms with Gasteiger partial charge in [0.25, 0.3) is 0 Å². The fourth-order valence-corrected chi connectivity index (χ4v) is 5.16. The average Bonchev–Trinajstić information content (AvgIpc) is 2.85. The second-order valence-corrected chi connectivity index (χ2v) is 9.25. The van der Waals surface area contributed by atoms with Gasteiger partial charge < -0.3 is 14.7 Å². The number of phenols is 1. The molecule has 1 atom stereocenters. The molecule has 1 heterocycles. The molecule has 166 valence electrons. The molecule has 32 heavy (non-hydrogen) atoms. The number of aromatic hydroxyl groups is 1. The van der Waals surface area contributed by atoms with Crippen LogP contribution in [0, 0.1) is 0 Å². The lowest BCUT2D eigenvalue weighted by atomic mass is 9.89. The fraction of sp³-hybridized carbons (Fsp3) is 0.379. The topological polar surface area (TPSA) is 32.7 Å². The number of likely N-dealkylation sites (tertiary alicyclic amines) is 1. The lowest BCUT2D eigenvalue weighted by Gasteiger charge is -2.32. The first kappa shape index (κ1) is 21.1. The van der Waals surface area contributed by atoms with Gasteiger partial charge in [-0.2, -0.15) is 0 Å². The van der Waals surface area contributed by atoms with E-state index in [4.69, 9.17) is 4.74 Å². The minimum absolute atomic E-state index is 0.167. The Labute approximate surface area is 191 Å². The molecule has 1 unspecified atom stereocenters. The molecule has 3 aromatic rings. The van der Waals surface area contributed by atoms with E-state index in [9.17, 15) is 5.11 Å². The lowest BCUT2D eigenvalue weighted by molar-refractivity contribution is 0.214. The van der Waals surface area contributed by atoms with E-state index >= 15 is 0 Å². The molecule has 0 amide bonds. The van der Waals surface area contributed by atoms with Gasteiger partial charge in [-0.05, 0) is 98.3 Å². The summed E-state index contributed by atoms with van der Waals surface area (Å²) in [5.74, 6) is 1.98. The van der Waals surface area contributed by atoms with Crippen molar-refractivity contribution in [3.05, 3.63) is 83.9 Å². The first-order valence-electron chi connectivity index (χ1n) is 12.1. The Kier molecular flexibility index (Phi) is 6.45. The maximum atomic E-state index is 10.9. The number of hydrogen-bond donors (Lipinski definition) is 1. The number of allylic oxidation sites excluding steroid dienone is 1. The quantitative estimate of drug-likeness (QED) is 0.459. The molecule has 1 saturated heterocycles. The monoisotopic (exact) mass is 427 g/mol. The highest BCUT2D eigenvalue weighted by molar-refractivity contribution is 5.90. The molecule has 1 N–H and O–H groups in total. The molecule has 2 aliphatic rings. The van der Waals surface area contributed by atoms with Crippen molar-refractivity contribution in [2.45, 2.75) is 50.5 Å². The second kappa shape index (κ2) is 9.79. The van der Waals surface area contributed by atoms with Crippen LogP contribution in [0.2, 0.25) is 0 Å². The first-order chi connectivity index (χ1) is 15.8. The van der Waals surface area contributed by atoms with Crippen LogP contribution in [0.5, 0.6) is 11.5 Å². The third-order valence-corrected chi connectivity index (χ3v) is 7.10. The van der Waals surface area contributed by atoms with Gasteiger partial charge in [0.05, 0.1) is 0 Å². The molecule has 0 aromatic heterocycles. The Morgan fingerprint density at radius 1 is 0.938 bits per heavy atom. The molecule has 1 aliphatic carbocycles. The van der Waals surface area contributed by atoms with Crippen molar-refractivity contribution in [2.24, 2.45) is 0 Å². The summed E-state index contributed by atoms with van der Waals surface area (Å²) in [6, 6.07) is 21.1. The molecule has 5 rings (SSSR count). The molecular formula is C29H33NO2. The highest BCUT2D eigenvalue weighted by Gasteiger charge is 2.20. The average molecular weight is 428 g/mol. The van der Waals surface area contributed by atoms with Crippen LogP contribution in [-0.2, 0) is 6.42 Å². The molecule has 3 heteroatoms. The van der Waals surface area contributed by atoms with Crippen molar-refractivity contribution >= 4 is 10.8 Å². The number of ether oxygens (including phenoxy) is 1. The van der Waals surface area contributed by atoms with Gasteiger partial charge in [-0.25, -0.2) is 0 Å². The molecule has 0 saturated carbocycles. The number of benzene rings is 3. The summed E-state index contributed by atoms with van der Waals surface area (Å²) in [5.41, 5.74) is 2.51. The van der Waals surface area contributed by atoms with Crippen molar-refractivity contribution in [2.75, 3.05) is 19.6 Å². The summed E-state index contributed by atoms with van der Waals surface area (Å²) in [5, 5.41) is 12.9. The smallest absolute Gasteiger partial charge is 0.126 e. The number of phenolic OH excluding ortho intramolecular Hbond substituents is 1. The third kappa shape index (κ3) is 4.83. The zero-order chi connectivity index (χ0) is 21.8. The largest absolute Gasteiger partial charge is 0.507 e. The van der Waals surface area contributed by atoms with Gasteiger partial charge in [-0.1, -0.05) is 48.5 Å². The molecule has 1 aliphatic heterocycles. The van der Waals surface area contributed by atoms with Crippen molar-refractivity contribution in [3.8, 4) is 11.5 Å². The van der Waals surface area contributed by atoms with Crippen LogP contribution in [0.4, 0.5) is 0 Å². The highest BCUT2D eigenvalue weighted by atomic mass is 16.5. The molecule has 1 fully saturated rings. The minimum Gasteiger partial charge on any atom is -0.507 e. The maximum Gasteiger partial charge on any atom is 0.126 e. The van der Waals surface area contributed by atoms with E-state index in [1.165, 1.54) is 24.8 Å². The van der Waals surface area contributed by atoms with Crippen LogP contribution >= 0.6 is 0 Å². The van der Waals surface area contributed by atoms with Gasteiger partial charge in [0.1, 0.15) is 17.6 Å². The van der Waals surface area contributed by atoms with Crippen molar-refractivity contribution < 1.29 is 9.84 Å². The fourth-order valence-electron chi connectivity index (χ4n) is 5.16. The molecule has 3 nitrogen and oxygen atoms in total. The van der Waals surface area contributed by atoms with E-state index in [1.54, 1.807) is 0 Å².